The van der Waals surface area contributed by atoms with Crippen molar-refractivity contribution in [1.82, 2.24) is 14.9 Å². The summed E-state index contributed by atoms with van der Waals surface area (Å²) in [5.41, 5.74) is 12.5. The molecule has 0 bridgehead atoms. The first-order chi connectivity index (χ1) is 14.0. The predicted octanol–water partition coefficient (Wildman–Crippen LogP) is 2.65. The number of anilines is 1. The fourth-order valence-electron chi connectivity index (χ4n) is 3.68. The summed E-state index contributed by atoms with van der Waals surface area (Å²) in [7, 11) is 6.05. The van der Waals surface area contributed by atoms with Gasteiger partial charge in [-0.1, -0.05) is 6.07 Å². The van der Waals surface area contributed by atoms with Crippen LogP contribution in [0.25, 0.3) is 22.2 Å². The number of fused-ring (bicyclic) bond motifs is 2. The quantitative estimate of drug-likeness (QED) is 0.701. The summed E-state index contributed by atoms with van der Waals surface area (Å²) in [4.78, 5) is 29.9. The highest BCUT2D eigenvalue weighted by molar-refractivity contribution is 6.06. The average Bonchev–Trinajstić information content (AvgIpc) is 3.19. The number of nitrogens with two attached hydrogens (primary N) is 1. The molecule has 0 spiro atoms. The molecule has 0 saturated carbocycles. The molecule has 2 aromatic carbocycles. The third-order valence-corrected chi connectivity index (χ3v) is 5.22. The maximum absolute atomic E-state index is 12.4. The zero-order valence-electron chi connectivity index (χ0n) is 16.9. The van der Waals surface area contributed by atoms with E-state index in [1.165, 1.54) is 0 Å². The van der Waals surface area contributed by atoms with Crippen molar-refractivity contribution in [3.8, 4) is 11.1 Å². The van der Waals surface area contributed by atoms with Crippen LogP contribution in [0.4, 0.5) is 11.4 Å². The van der Waals surface area contributed by atoms with Gasteiger partial charge in [0.2, 0.25) is 0 Å². The number of likely N-dealkylation sites (N-methyl/N-ethyl adjacent to an activating group) is 2. The Labute approximate surface area is 169 Å². The van der Waals surface area contributed by atoms with Gasteiger partial charge < -0.3 is 15.5 Å². The highest BCUT2D eigenvalue weighted by atomic mass is 16.1. The molecule has 3 aromatic rings. The van der Waals surface area contributed by atoms with Crippen LogP contribution in [0, 0.1) is 0 Å². The minimum Gasteiger partial charge on any atom is -0.373 e. The number of hydrogen-bond acceptors (Lipinski definition) is 6. The first-order valence-electron chi connectivity index (χ1n) is 9.55. The van der Waals surface area contributed by atoms with Crippen molar-refractivity contribution in [2.75, 3.05) is 39.1 Å². The molecule has 29 heavy (non-hydrogen) atoms. The van der Waals surface area contributed by atoms with Gasteiger partial charge in [-0.25, -0.2) is 0 Å². The van der Waals surface area contributed by atoms with Gasteiger partial charge >= 0.3 is 0 Å². The molecule has 7 heteroatoms. The number of carbonyl (C=O) groups is 1. The van der Waals surface area contributed by atoms with Crippen LogP contribution in [0.5, 0.6) is 0 Å². The first-order valence-corrected chi connectivity index (χ1v) is 9.55. The van der Waals surface area contributed by atoms with Crippen LogP contribution in [-0.4, -0.2) is 61.2 Å². The molecule has 0 aliphatic carbocycles. The van der Waals surface area contributed by atoms with E-state index in [0.29, 0.717) is 12.0 Å². The van der Waals surface area contributed by atoms with E-state index in [1.807, 2.05) is 51.6 Å². The van der Waals surface area contributed by atoms with E-state index in [0.717, 1.165) is 52.2 Å². The lowest BCUT2D eigenvalue weighted by atomic mass is 9.93. The zero-order chi connectivity index (χ0) is 20.5. The maximum Gasteiger partial charge on any atom is 0.251 e. The molecule has 2 N–H and O–H groups in total. The second-order valence-corrected chi connectivity index (χ2v) is 7.51. The van der Waals surface area contributed by atoms with Crippen LogP contribution >= 0.6 is 0 Å². The van der Waals surface area contributed by atoms with E-state index in [1.54, 1.807) is 12.4 Å². The van der Waals surface area contributed by atoms with Gasteiger partial charge in [0.25, 0.3) is 5.91 Å². The standard InChI is InChI=1S/C22H24N6O/c1-27(2)10-11-28(3)19-13-16(21-15(6-7-26-21)20(19)22(23)29)14-4-5-17-18(12-14)25-9-8-24-17/h4-5,7-9,12-13H,6,10-11H2,1-3H3,(H2,23,29). The maximum atomic E-state index is 12.4. The Bertz CT molecular complexity index is 1120. The average molecular weight is 388 g/mol. The summed E-state index contributed by atoms with van der Waals surface area (Å²) in [6.07, 6.45) is 5.81. The summed E-state index contributed by atoms with van der Waals surface area (Å²) in [5, 5.41) is 0. The van der Waals surface area contributed by atoms with Gasteiger partial charge in [-0.2, -0.15) is 0 Å². The molecule has 1 amide bonds. The molecule has 1 aliphatic heterocycles. The Morgan fingerprint density at radius 3 is 2.55 bits per heavy atom. The van der Waals surface area contributed by atoms with Gasteiger partial charge in [-0.05, 0) is 43.4 Å². The number of hydrogen-bond donors (Lipinski definition) is 1. The number of carbonyl (C=O) groups excluding carboxylic acids is 1. The summed E-state index contributed by atoms with van der Waals surface area (Å²) >= 11 is 0. The zero-order valence-corrected chi connectivity index (χ0v) is 16.9. The van der Waals surface area contributed by atoms with Crippen molar-refractivity contribution < 1.29 is 4.79 Å². The van der Waals surface area contributed by atoms with Crippen molar-refractivity contribution in [2.24, 2.45) is 10.7 Å². The molecule has 0 fully saturated rings. The Balaban J connectivity index is 1.89. The summed E-state index contributed by atoms with van der Waals surface area (Å²) in [6.45, 7) is 1.64. The van der Waals surface area contributed by atoms with Gasteiger partial charge in [-0.3, -0.25) is 19.8 Å². The van der Waals surface area contributed by atoms with Crippen molar-refractivity contribution in [2.45, 2.75) is 6.42 Å². The van der Waals surface area contributed by atoms with E-state index in [2.05, 4.69) is 24.8 Å². The van der Waals surface area contributed by atoms with E-state index >= 15 is 0 Å². The van der Waals surface area contributed by atoms with Gasteiger partial charge in [-0.15, -0.1) is 0 Å². The van der Waals surface area contributed by atoms with Crippen LogP contribution in [0.2, 0.25) is 0 Å². The van der Waals surface area contributed by atoms with Crippen molar-refractivity contribution in [3.63, 3.8) is 0 Å². The molecule has 0 atom stereocenters. The fourth-order valence-corrected chi connectivity index (χ4v) is 3.68. The lowest BCUT2D eigenvalue weighted by molar-refractivity contribution is 0.1000. The van der Waals surface area contributed by atoms with Gasteiger partial charge in [0, 0.05) is 50.7 Å². The topological polar surface area (TPSA) is 87.7 Å². The number of aliphatic imine (C=N–C) groups is 1. The molecule has 148 valence electrons. The SMILES string of the molecule is CN(C)CCN(C)c1cc(-c2ccc3nccnc3c2)c2c(c1C(N)=O)CC=N2. The number of rotatable bonds is 6. The molecular formula is C22H24N6O. The van der Waals surface area contributed by atoms with Crippen molar-refractivity contribution >= 4 is 34.5 Å². The smallest absolute Gasteiger partial charge is 0.251 e. The monoisotopic (exact) mass is 388 g/mol. The second-order valence-electron chi connectivity index (χ2n) is 7.51. The Morgan fingerprint density at radius 1 is 1.07 bits per heavy atom. The highest BCUT2D eigenvalue weighted by Crippen LogP contribution is 2.43. The van der Waals surface area contributed by atoms with Gasteiger partial charge in [0.15, 0.2) is 0 Å². The minimum absolute atomic E-state index is 0.422. The Morgan fingerprint density at radius 2 is 1.83 bits per heavy atom. The van der Waals surface area contributed by atoms with Crippen molar-refractivity contribution in [3.05, 3.63) is 47.8 Å². The van der Waals surface area contributed by atoms with Crippen LogP contribution in [0.15, 0.2) is 41.7 Å². The Hall–Kier alpha value is -3.32. The molecular weight excluding hydrogens is 364 g/mol. The number of nitrogens with zero attached hydrogens (tertiary/aromatic N) is 5. The minimum atomic E-state index is -0.422. The fraction of sp³-hybridized carbons (Fsp3) is 0.273. The van der Waals surface area contributed by atoms with E-state index in [-0.39, 0.29) is 0 Å². The third kappa shape index (κ3) is 3.56. The summed E-state index contributed by atoms with van der Waals surface area (Å²) in [6, 6.07) is 8.02. The van der Waals surface area contributed by atoms with Crippen LogP contribution in [0.1, 0.15) is 15.9 Å². The summed E-state index contributed by atoms with van der Waals surface area (Å²) in [5.74, 6) is -0.422. The number of amides is 1. The Kier molecular flexibility index (Phi) is 4.98. The molecule has 1 aromatic heterocycles. The van der Waals surface area contributed by atoms with E-state index < -0.39 is 5.91 Å². The highest BCUT2D eigenvalue weighted by Gasteiger charge is 2.25. The lowest BCUT2D eigenvalue weighted by Crippen LogP contribution is -2.30. The van der Waals surface area contributed by atoms with Crippen LogP contribution in [0.3, 0.4) is 0 Å². The second kappa shape index (κ2) is 7.60. The molecule has 7 nitrogen and oxygen atoms in total. The molecule has 0 radical (unpaired) electrons. The normalized spacial score (nSPS) is 12.6. The third-order valence-electron chi connectivity index (χ3n) is 5.22. The van der Waals surface area contributed by atoms with Crippen molar-refractivity contribution in [1.29, 1.82) is 0 Å². The summed E-state index contributed by atoms with van der Waals surface area (Å²) < 4.78 is 0. The number of aromatic nitrogens is 2. The predicted molar refractivity (Wildman–Crippen MR) is 117 cm³/mol. The van der Waals surface area contributed by atoms with Gasteiger partial charge in [0.05, 0.1) is 28.0 Å². The molecule has 2 heterocycles. The van der Waals surface area contributed by atoms with E-state index in [4.69, 9.17) is 5.73 Å². The largest absolute Gasteiger partial charge is 0.373 e. The first kappa shape index (κ1) is 19.0. The number of benzene rings is 2. The molecule has 0 unspecified atom stereocenters. The molecule has 4 rings (SSSR count). The van der Waals surface area contributed by atoms with Crippen LogP contribution < -0.4 is 10.6 Å². The van der Waals surface area contributed by atoms with Crippen LogP contribution in [-0.2, 0) is 6.42 Å². The van der Waals surface area contributed by atoms with E-state index in [9.17, 15) is 4.79 Å². The molecule has 0 saturated heterocycles. The number of primary amides is 1. The molecule has 1 aliphatic rings. The lowest BCUT2D eigenvalue weighted by Gasteiger charge is -2.26. The van der Waals surface area contributed by atoms with Gasteiger partial charge in [0.1, 0.15) is 0 Å².